The molecule has 0 saturated carbocycles. The van der Waals surface area contributed by atoms with Crippen molar-refractivity contribution in [3.8, 4) is 0 Å². The Balaban J connectivity index is 4.02. The Hall–Kier alpha value is -1.63. The molecule has 0 aliphatic carbocycles. The normalized spacial score (nSPS) is 12.7. The smallest absolute Gasteiger partial charge is 0.328 e. The first-order valence-electron chi connectivity index (χ1n) is 3.56. The van der Waals surface area contributed by atoms with E-state index in [4.69, 9.17) is 16.7 Å². The Morgan fingerprint density at radius 2 is 2.23 bits per heavy atom. The van der Waals surface area contributed by atoms with E-state index in [2.05, 4.69) is 10.4 Å². The maximum absolute atomic E-state index is 10.5. The van der Waals surface area contributed by atoms with Gasteiger partial charge in [0.2, 0.25) is 5.91 Å². The molecule has 1 atom stereocenters. The van der Waals surface area contributed by atoms with Gasteiger partial charge in [0.25, 0.3) is 0 Å². The van der Waals surface area contributed by atoms with Gasteiger partial charge < -0.3 is 16.3 Å². The van der Waals surface area contributed by atoms with Crippen molar-refractivity contribution in [1.82, 2.24) is 5.43 Å². The molecule has 0 aliphatic rings. The number of rotatable bonds is 6. The molecule has 0 fully saturated rings. The van der Waals surface area contributed by atoms with E-state index in [1.165, 1.54) is 0 Å². The molecule has 0 saturated heterocycles. The summed E-state index contributed by atoms with van der Waals surface area (Å²) in [4.78, 5) is 24.4. The molecule has 0 spiro atoms. The molecule has 13 heavy (non-hydrogen) atoms. The number of carbonyl (C=O) groups is 2. The summed E-state index contributed by atoms with van der Waals surface area (Å²) >= 11 is 0. The summed E-state index contributed by atoms with van der Waals surface area (Å²) < 4.78 is 0. The van der Waals surface area contributed by atoms with Gasteiger partial charge in [0.05, 0.1) is 6.34 Å². The number of nitrogens with one attached hydrogen (secondary N) is 1. The van der Waals surface area contributed by atoms with Crippen LogP contribution in [0.3, 0.4) is 0 Å². The van der Waals surface area contributed by atoms with E-state index in [1.807, 2.05) is 0 Å². The standard InChI is InChI=1S/C6H12N4O3/c7-5(11)2-1-4(6(12)13)9-3-10-8/h3-4H,1-2,8H2,(H2,7,11)(H,9,10)(H,12,13)/t4-/m0/s1. The van der Waals surface area contributed by atoms with E-state index < -0.39 is 17.9 Å². The minimum Gasteiger partial charge on any atom is -0.480 e. The number of nitrogens with two attached hydrogens (primary N) is 2. The molecular weight excluding hydrogens is 176 g/mol. The zero-order valence-electron chi connectivity index (χ0n) is 6.93. The minimum atomic E-state index is -1.12. The number of aliphatic carboxylic acids is 1. The molecule has 0 aromatic rings. The van der Waals surface area contributed by atoms with Crippen molar-refractivity contribution >= 4 is 18.2 Å². The zero-order chi connectivity index (χ0) is 10.3. The maximum atomic E-state index is 10.5. The predicted octanol–water partition coefficient (Wildman–Crippen LogP) is -1.80. The first-order valence-corrected chi connectivity index (χ1v) is 3.56. The van der Waals surface area contributed by atoms with Crippen LogP contribution >= 0.6 is 0 Å². The van der Waals surface area contributed by atoms with Crippen molar-refractivity contribution in [2.45, 2.75) is 18.9 Å². The second-order valence-electron chi connectivity index (χ2n) is 2.30. The van der Waals surface area contributed by atoms with Crippen LogP contribution in [0, 0.1) is 0 Å². The Morgan fingerprint density at radius 3 is 2.62 bits per heavy atom. The molecule has 0 aliphatic heterocycles. The van der Waals surface area contributed by atoms with Crippen molar-refractivity contribution in [3.05, 3.63) is 0 Å². The van der Waals surface area contributed by atoms with Crippen molar-refractivity contribution in [2.24, 2.45) is 16.6 Å². The SMILES string of the molecule is NNC=N[C@@H](CCC(N)=O)C(=O)O. The topological polar surface area (TPSA) is 131 Å². The average Bonchev–Trinajstić information content (AvgIpc) is 2.03. The van der Waals surface area contributed by atoms with E-state index in [0.717, 1.165) is 6.34 Å². The quantitative estimate of drug-likeness (QED) is 0.169. The molecule has 74 valence electrons. The number of primary amides is 1. The summed E-state index contributed by atoms with van der Waals surface area (Å²) in [7, 11) is 0. The highest BCUT2D eigenvalue weighted by Crippen LogP contribution is 2.00. The third-order valence-electron chi connectivity index (χ3n) is 1.28. The number of aliphatic imine (C=N–C) groups is 1. The first-order chi connectivity index (χ1) is 6.07. The maximum Gasteiger partial charge on any atom is 0.328 e. The average molecular weight is 188 g/mol. The fourth-order valence-electron chi connectivity index (χ4n) is 0.674. The number of hydrogen-bond acceptors (Lipinski definition) is 4. The lowest BCUT2D eigenvalue weighted by Gasteiger charge is -2.04. The number of nitrogens with zero attached hydrogens (tertiary/aromatic N) is 1. The van der Waals surface area contributed by atoms with Gasteiger partial charge in [0, 0.05) is 6.42 Å². The molecule has 7 nitrogen and oxygen atoms in total. The Bertz CT molecular complexity index is 216. The largest absolute Gasteiger partial charge is 0.480 e. The van der Waals surface area contributed by atoms with Crippen molar-refractivity contribution in [2.75, 3.05) is 0 Å². The van der Waals surface area contributed by atoms with Crippen LogP contribution in [0.4, 0.5) is 0 Å². The molecule has 0 bridgehead atoms. The van der Waals surface area contributed by atoms with Crippen molar-refractivity contribution in [3.63, 3.8) is 0 Å². The third kappa shape index (κ3) is 5.62. The third-order valence-corrected chi connectivity index (χ3v) is 1.28. The van der Waals surface area contributed by atoms with Gasteiger partial charge in [-0.1, -0.05) is 0 Å². The van der Waals surface area contributed by atoms with Gasteiger partial charge in [-0.3, -0.25) is 9.79 Å². The summed E-state index contributed by atoms with van der Waals surface area (Å²) in [5.74, 6) is 3.18. The molecule has 0 rings (SSSR count). The van der Waals surface area contributed by atoms with E-state index in [0.29, 0.717) is 0 Å². The highest BCUT2D eigenvalue weighted by molar-refractivity contribution is 5.78. The van der Waals surface area contributed by atoms with Crippen LogP contribution in [0.2, 0.25) is 0 Å². The minimum absolute atomic E-state index is 0.0150. The number of hydrogen-bond donors (Lipinski definition) is 4. The molecule has 6 N–H and O–H groups in total. The summed E-state index contributed by atoms with van der Waals surface area (Å²) in [6, 6.07) is -0.983. The summed E-state index contributed by atoms with van der Waals surface area (Å²) in [6.45, 7) is 0. The monoisotopic (exact) mass is 188 g/mol. The molecule has 0 heterocycles. The molecule has 0 aromatic carbocycles. The number of carbonyl (C=O) groups excluding carboxylic acids is 1. The molecule has 0 aromatic heterocycles. The molecule has 0 unspecified atom stereocenters. The molecule has 0 radical (unpaired) electrons. The van der Waals surface area contributed by atoms with E-state index in [1.54, 1.807) is 0 Å². The van der Waals surface area contributed by atoms with Crippen molar-refractivity contribution in [1.29, 1.82) is 0 Å². The highest BCUT2D eigenvalue weighted by atomic mass is 16.4. The van der Waals surface area contributed by atoms with Crippen LogP contribution in [-0.4, -0.2) is 29.4 Å². The van der Waals surface area contributed by atoms with Gasteiger partial charge in [0.15, 0.2) is 0 Å². The number of carboxylic acids is 1. The van der Waals surface area contributed by atoms with Gasteiger partial charge in [-0.15, -0.1) is 0 Å². The van der Waals surface area contributed by atoms with Crippen LogP contribution in [0.15, 0.2) is 4.99 Å². The zero-order valence-corrected chi connectivity index (χ0v) is 6.93. The van der Waals surface area contributed by atoms with Gasteiger partial charge >= 0.3 is 5.97 Å². The summed E-state index contributed by atoms with van der Waals surface area (Å²) in [5, 5.41) is 8.58. The number of carboxylic acid groups (broad SMARTS) is 1. The predicted molar refractivity (Wildman–Crippen MR) is 45.7 cm³/mol. The fourth-order valence-corrected chi connectivity index (χ4v) is 0.674. The second-order valence-corrected chi connectivity index (χ2v) is 2.30. The lowest BCUT2D eigenvalue weighted by Crippen LogP contribution is -2.25. The van der Waals surface area contributed by atoms with Crippen LogP contribution < -0.4 is 17.0 Å². The Kier molecular flexibility index (Phi) is 5.20. The van der Waals surface area contributed by atoms with Crippen LogP contribution in [0.1, 0.15) is 12.8 Å². The highest BCUT2D eigenvalue weighted by Gasteiger charge is 2.15. The van der Waals surface area contributed by atoms with Crippen molar-refractivity contribution < 1.29 is 14.7 Å². The fraction of sp³-hybridized carbons (Fsp3) is 0.500. The van der Waals surface area contributed by atoms with Gasteiger partial charge in [-0.25, -0.2) is 10.6 Å². The lowest BCUT2D eigenvalue weighted by molar-refractivity contribution is -0.138. The van der Waals surface area contributed by atoms with Gasteiger partial charge in [-0.2, -0.15) is 0 Å². The number of amides is 1. The lowest BCUT2D eigenvalue weighted by atomic mass is 10.1. The Labute approximate surface area is 74.8 Å². The van der Waals surface area contributed by atoms with E-state index in [-0.39, 0.29) is 12.8 Å². The van der Waals surface area contributed by atoms with Gasteiger partial charge in [-0.05, 0) is 6.42 Å². The second kappa shape index (κ2) is 5.95. The van der Waals surface area contributed by atoms with Gasteiger partial charge in [0.1, 0.15) is 6.04 Å². The summed E-state index contributed by atoms with van der Waals surface area (Å²) in [6.07, 6.45) is 1.11. The first kappa shape index (κ1) is 11.4. The number of hydrazine groups is 1. The Morgan fingerprint density at radius 1 is 1.62 bits per heavy atom. The van der Waals surface area contributed by atoms with E-state index in [9.17, 15) is 9.59 Å². The summed E-state index contributed by atoms with van der Waals surface area (Å²) in [5.41, 5.74) is 6.92. The molecular formula is C6H12N4O3. The van der Waals surface area contributed by atoms with E-state index >= 15 is 0 Å². The van der Waals surface area contributed by atoms with Crippen LogP contribution in [0.5, 0.6) is 0 Å². The molecule has 1 amide bonds. The molecule has 7 heteroatoms. The van der Waals surface area contributed by atoms with Crippen LogP contribution in [-0.2, 0) is 9.59 Å². The van der Waals surface area contributed by atoms with Crippen LogP contribution in [0.25, 0.3) is 0 Å².